The van der Waals surface area contributed by atoms with Gasteiger partial charge < -0.3 is 4.90 Å². The molecule has 0 saturated carbocycles. The van der Waals surface area contributed by atoms with E-state index in [4.69, 9.17) is 0 Å². The van der Waals surface area contributed by atoms with Gasteiger partial charge in [-0.25, -0.2) is 4.39 Å². The fourth-order valence-corrected chi connectivity index (χ4v) is 2.38. The predicted octanol–water partition coefficient (Wildman–Crippen LogP) is 1.02. The third-order valence-electron chi connectivity index (χ3n) is 3.50. The smallest absolute Gasteiger partial charge is 0.249 e. The summed E-state index contributed by atoms with van der Waals surface area (Å²) in [5.74, 6) is -1.45. The molecule has 1 aliphatic rings. The van der Waals surface area contributed by atoms with Crippen molar-refractivity contribution < 1.29 is 18.8 Å². The van der Waals surface area contributed by atoms with Crippen LogP contribution in [0.25, 0.3) is 0 Å². The molecule has 2 rings (SSSR count). The van der Waals surface area contributed by atoms with Crippen molar-refractivity contribution in [1.29, 1.82) is 0 Å². The van der Waals surface area contributed by atoms with Crippen LogP contribution in [0.5, 0.6) is 0 Å². The molecule has 0 aromatic heterocycles. The van der Waals surface area contributed by atoms with Gasteiger partial charge in [0.25, 0.3) is 0 Å². The minimum atomic E-state index is -0.594. The van der Waals surface area contributed by atoms with Crippen LogP contribution in [0, 0.1) is 5.82 Å². The summed E-state index contributed by atoms with van der Waals surface area (Å²) in [5.41, 5.74) is 0.839. The largest absolute Gasteiger partial charge is 0.321 e. The van der Waals surface area contributed by atoms with E-state index in [1.165, 1.54) is 17.0 Å². The molecule has 1 heterocycles. The van der Waals surface area contributed by atoms with Gasteiger partial charge in [0.15, 0.2) is 0 Å². The van der Waals surface area contributed by atoms with Gasteiger partial charge in [0.2, 0.25) is 17.7 Å². The maximum Gasteiger partial charge on any atom is 0.249 e. The summed E-state index contributed by atoms with van der Waals surface area (Å²) in [6.07, 6.45) is 1.09. The zero-order chi connectivity index (χ0) is 15.4. The van der Waals surface area contributed by atoms with Gasteiger partial charge >= 0.3 is 0 Å². The van der Waals surface area contributed by atoms with E-state index in [1.807, 2.05) is 0 Å². The Morgan fingerprint density at radius 1 is 1.33 bits per heavy atom. The number of amides is 3. The summed E-state index contributed by atoms with van der Waals surface area (Å²) in [4.78, 5) is 36.6. The van der Waals surface area contributed by atoms with Crippen LogP contribution in [0.4, 0.5) is 4.39 Å². The second-order valence-electron chi connectivity index (χ2n) is 4.98. The number of carbonyl (C=O) groups is 3. The molecule has 1 fully saturated rings. The number of imide groups is 1. The van der Waals surface area contributed by atoms with Crippen LogP contribution in [0.2, 0.25) is 0 Å². The highest BCUT2D eigenvalue weighted by Crippen LogP contribution is 2.13. The van der Waals surface area contributed by atoms with Crippen LogP contribution in [0.3, 0.4) is 0 Å². The molecular weight excluding hydrogens is 275 g/mol. The first-order valence-electron chi connectivity index (χ1n) is 6.89. The van der Waals surface area contributed by atoms with Gasteiger partial charge in [0.1, 0.15) is 18.4 Å². The minimum absolute atomic E-state index is 0.0908. The standard InChI is InChI=1S/C15H17FN2O3/c1-2-12-15(21)17-13(19)9-18(12)14(20)8-5-10-3-6-11(16)7-4-10/h3-4,6-7,12H,2,5,8-9H2,1H3,(H,17,19,21). The Labute approximate surface area is 122 Å². The van der Waals surface area contributed by atoms with Gasteiger partial charge in [-0.3, -0.25) is 19.7 Å². The number of piperazine rings is 1. The van der Waals surface area contributed by atoms with Crippen molar-refractivity contribution in [2.45, 2.75) is 32.2 Å². The highest BCUT2D eigenvalue weighted by molar-refractivity contribution is 6.04. The van der Waals surface area contributed by atoms with Crippen LogP contribution in [-0.4, -0.2) is 35.2 Å². The summed E-state index contributed by atoms with van der Waals surface area (Å²) in [7, 11) is 0. The molecule has 0 spiro atoms. The maximum absolute atomic E-state index is 12.8. The Morgan fingerprint density at radius 3 is 2.62 bits per heavy atom. The summed E-state index contributed by atoms with van der Waals surface area (Å²) in [6.45, 7) is 1.70. The predicted molar refractivity (Wildman–Crippen MR) is 73.7 cm³/mol. The van der Waals surface area contributed by atoms with E-state index in [1.54, 1.807) is 19.1 Å². The molecule has 0 aliphatic carbocycles. The molecule has 1 N–H and O–H groups in total. The molecule has 0 bridgehead atoms. The molecule has 3 amide bonds. The van der Waals surface area contributed by atoms with E-state index >= 15 is 0 Å². The highest BCUT2D eigenvalue weighted by Gasteiger charge is 2.34. The lowest BCUT2D eigenvalue weighted by molar-refractivity contribution is -0.150. The lowest BCUT2D eigenvalue weighted by Crippen LogP contribution is -2.59. The molecule has 112 valence electrons. The van der Waals surface area contributed by atoms with Crippen molar-refractivity contribution in [3.8, 4) is 0 Å². The minimum Gasteiger partial charge on any atom is -0.321 e. The lowest BCUT2D eigenvalue weighted by Gasteiger charge is -2.33. The van der Waals surface area contributed by atoms with E-state index in [0.717, 1.165) is 5.56 Å². The Morgan fingerprint density at radius 2 is 2.00 bits per heavy atom. The highest BCUT2D eigenvalue weighted by atomic mass is 19.1. The number of hydrogen-bond acceptors (Lipinski definition) is 3. The van der Waals surface area contributed by atoms with E-state index in [9.17, 15) is 18.8 Å². The summed E-state index contributed by atoms with van der Waals surface area (Å²) >= 11 is 0. The van der Waals surface area contributed by atoms with E-state index in [0.29, 0.717) is 12.8 Å². The number of aryl methyl sites for hydroxylation is 1. The number of nitrogens with zero attached hydrogens (tertiary/aromatic N) is 1. The molecule has 1 aliphatic heterocycles. The molecule has 0 radical (unpaired) electrons. The molecule has 1 aromatic rings. The SMILES string of the molecule is CCC1C(=O)NC(=O)CN1C(=O)CCc1ccc(F)cc1. The molecule has 1 unspecified atom stereocenters. The van der Waals surface area contributed by atoms with Crippen molar-refractivity contribution in [1.82, 2.24) is 10.2 Å². The zero-order valence-corrected chi connectivity index (χ0v) is 11.8. The second-order valence-corrected chi connectivity index (χ2v) is 4.98. The molecule has 1 atom stereocenters. The van der Waals surface area contributed by atoms with Gasteiger partial charge in [0, 0.05) is 6.42 Å². The fraction of sp³-hybridized carbons (Fsp3) is 0.400. The van der Waals surface area contributed by atoms with Crippen molar-refractivity contribution in [3.05, 3.63) is 35.6 Å². The quantitative estimate of drug-likeness (QED) is 0.843. The number of halogens is 1. The lowest BCUT2D eigenvalue weighted by atomic mass is 10.1. The van der Waals surface area contributed by atoms with Crippen LogP contribution >= 0.6 is 0 Å². The summed E-state index contributed by atoms with van der Waals surface area (Å²) in [6, 6.07) is 5.32. The normalized spacial score (nSPS) is 18.6. The van der Waals surface area contributed by atoms with E-state index < -0.39 is 17.9 Å². The van der Waals surface area contributed by atoms with Gasteiger partial charge in [-0.2, -0.15) is 0 Å². The van der Waals surface area contributed by atoms with E-state index in [2.05, 4.69) is 5.32 Å². The molecule has 1 aromatic carbocycles. The maximum atomic E-state index is 12.8. The first-order chi connectivity index (χ1) is 10.0. The number of rotatable bonds is 4. The van der Waals surface area contributed by atoms with Gasteiger partial charge in [-0.15, -0.1) is 0 Å². The van der Waals surface area contributed by atoms with Gasteiger partial charge in [-0.1, -0.05) is 19.1 Å². The van der Waals surface area contributed by atoms with Crippen LogP contribution in [0.1, 0.15) is 25.3 Å². The molecular formula is C15H17FN2O3. The third kappa shape index (κ3) is 3.65. The molecule has 21 heavy (non-hydrogen) atoms. The van der Waals surface area contributed by atoms with Crippen molar-refractivity contribution in [2.24, 2.45) is 0 Å². The van der Waals surface area contributed by atoms with Crippen LogP contribution in [0.15, 0.2) is 24.3 Å². The topological polar surface area (TPSA) is 66.5 Å². The van der Waals surface area contributed by atoms with Gasteiger partial charge in [0.05, 0.1) is 0 Å². The number of carbonyl (C=O) groups excluding carboxylic acids is 3. The number of nitrogens with one attached hydrogen (secondary N) is 1. The number of hydrogen-bond donors (Lipinski definition) is 1. The Hall–Kier alpha value is -2.24. The summed E-state index contributed by atoms with van der Waals surface area (Å²) in [5, 5.41) is 2.23. The van der Waals surface area contributed by atoms with Crippen LogP contribution < -0.4 is 5.32 Å². The van der Waals surface area contributed by atoms with Gasteiger partial charge in [-0.05, 0) is 30.5 Å². The first kappa shape index (κ1) is 15.2. The molecule has 1 saturated heterocycles. The molecule has 5 nitrogen and oxygen atoms in total. The Balaban J connectivity index is 1.99. The fourth-order valence-electron chi connectivity index (χ4n) is 2.38. The average Bonchev–Trinajstić information content (AvgIpc) is 2.45. The molecule has 6 heteroatoms. The number of benzene rings is 1. The Kier molecular flexibility index (Phi) is 4.67. The first-order valence-corrected chi connectivity index (χ1v) is 6.89. The van der Waals surface area contributed by atoms with E-state index in [-0.39, 0.29) is 24.7 Å². The monoisotopic (exact) mass is 292 g/mol. The second kappa shape index (κ2) is 6.47. The van der Waals surface area contributed by atoms with Crippen molar-refractivity contribution in [3.63, 3.8) is 0 Å². The average molecular weight is 292 g/mol. The van der Waals surface area contributed by atoms with Crippen LogP contribution in [-0.2, 0) is 20.8 Å². The third-order valence-corrected chi connectivity index (χ3v) is 3.50. The van der Waals surface area contributed by atoms with Crippen molar-refractivity contribution >= 4 is 17.7 Å². The Bertz CT molecular complexity index is 557. The summed E-state index contributed by atoms with van der Waals surface area (Å²) < 4.78 is 12.8. The van der Waals surface area contributed by atoms with Crippen molar-refractivity contribution in [2.75, 3.05) is 6.54 Å². The zero-order valence-electron chi connectivity index (χ0n) is 11.8.